The molecule has 6 heteroatoms. The highest BCUT2D eigenvalue weighted by Crippen LogP contribution is 2.37. The highest BCUT2D eigenvalue weighted by Gasteiger charge is 2.35. The second kappa shape index (κ2) is 6.45. The molecule has 0 saturated heterocycles. The maximum atomic E-state index is 11.8. The van der Waals surface area contributed by atoms with E-state index in [0.717, 1.165) is 19.3 Å². The number of amides is 3. The first-order chi connectivity index (χ1) is 9.52. The summed E-state index contributed by atoms with van der Waals surface area (Å²) in [6, 6.07) is -0.427. The summed E-state index contributed by atoms with van der Waals surface area (Å²) in [5.74, 6) is -1.40. The zero-order valence-corrected chi connectivity index (χ0v) is 13.3. The molecule has 1 unspecified atom stereocenters. The van der Waals surface area contributed by atoms with Crippen LogP contribution in [0.25, 0.3) is 0 Å². The number of carboxylic acids is 1. The van der Waals surface area contributed by atoms with E-state index >= 15 is 0 Å². The summed E-state index contributed by atoms with van der Waals surface area (Å²) in [5, 5.41) is 13.9. The molecule has 1 aliphatic rings. The number of imide groups is 1. The van der Waals surface area contributed by atoms with Crippen molar-refractivity contribution >= 4 is 17.9 Å². The van der Waals surface area contributed by atoms with Gasteiger partial charge >= 0.3 is 12.0 Å². The zero-order chi connectivity index (χ0) is 16.3. The number of carbonyl (C=O) groups excluding carboxylic acids is 2. The van der Waals surface area contributed by atoms with E-state index in [4.69, 9.17) is 5.11 Å². The van der Waals surface area contributed by atoms with Crippen molar-refractivity contribution in [3.05, 3.63) is 0 Å². The summed E-state index contributed by atoms with van der Waals surface area (Å²) in [4.78, 5) is 34.4. The van der Waals surface area contributed by atoms with E-state index in [2.05, 4.69) is 24.5 Å². The van der Waals surface area contributed by atoms with Gasteiger partial charge in [0.2, 0.25) is 5.91 Å². The lowest BCUT2D eigenvalue weighted by Gasteiger charge is -2.28. The van der Waals surface area contributed by atoms with Crippen molar-refractivity contribution in [3.8, 4) is 0 Å². The molecule has 0 aromatic rings. The summed E-state index contributed by atoms with van der Waals surface area (Å²) in [7, 11) is 0. The fourth-order valence-electron chi connectivity index (χ4n) is 2.87. The third-order valence-corrected chi connectivity index (χ3v) is 4.08. The van der Waals surface area contributed by atoms with Crippen LogP contribution in [0.5, 0.6) is 0 Å². The van der Waals surface area contributed by atoms with Gasteiger partial charge in [-0.2, -0.15) is 0 Å². The summed E-state index contributed by atoms with van der Waals surface area (Å²) in [6.07, 6.45) is 2.92. The zero-order valence-electron chi connectivity index (χ0n) is 13.3. The van der Waals surface area contributed by atoms with Gasteiger partial charge in [0.1, 0.15) is 0 Å². The van der Waals surface area contributed by atoms with Gasteiger partial charge in [-0.25, -0.2) is 4.79 Å². The minimum Gasteiger partial charge on any atom is -0.481 e. The average molecular weight is 298 g/mol. The van der Waals surface area contributed by atoms with Gasteiger partial charge in [-0.3, -0.25) is 14.9 Å². The van der Waals surface area contributed by atoms with Crippen LogP contribution in [0, 0.1) is 10.8 Å². The normalized spacial score (nSPS) is 20.9. The largest absolute Gasteiger partial charge is 0.481 e. The predicted octanol–water partition coefficient (Wildman–Crippen LogP) is 2.28. The molecule has 1 saturated carbocycles. The van der Waals surface area contributed by atoms with E-state index in [-0.39, 0.29) is 24.3 Å². The molecule has 0 spiro atoms. The van der Waals surface area contributed by atoms with E-state index in [1.165, 1.54) is 0 Å². The van der Waals surface area contributed by atoms with E-state index in [9.17, 15) is 14.4 Å². The number of hydrogen-bond donors (Lipinski definition) is 3. The molecule has 1 rings (SSSR count). The van der Waals surface area contributed by atoms with E-state index in [1.807, 2.05) is 0 Å². The molecule has 1 atom stereocenters. The second-order valence-corrected chi connectivity index (χ2v) is 7.37. The predicted molar refractivity (Wildman–Crippen MR) is 78.7 cm³/mol. The lowest BCUT2D eigenvalue weighted by atomic mass is 9.85. The molecule has 0 aliphatic heterocycles. The summed E-state index contributed by atoms with van der Waals surface area (Å²) >= 11 is 0. The van der Waals surface area contributed by atoms with Crippen LogP contribution in [0.15, 0.2) is 0 Å². The fraction of sp³-hybridized carbons (Fsp3) is 0.800. The van der Waals surface area contributed by atoms with Gasteiger partial charge < -0.3 is 10.4 Å². The van der Waals surface area contributed by atoms with Crippen LogP contribution in [0.1, 0.15) is 59.8 Å². The number of carbonyl (C=O) groups is 3. The number of aliphatic carboxylic acids is 1. The van der Waals surface area contributed by atoms with Crippen molar-refractivity contribution in [2.75, 3.05) is 0 Å². The fourth-order valence-corrected chi connectivity index (χ4v) is 2.87. The van der Waals surface area contributed by atoms with Crippen LogP contribution in [0.2, 0.25) is 0 Å². The molecule has 3 N–H and O–H groups in total. The van der Waals surface area contributed by atoms with Gasteiger partial charge in [-0.05, 0) is 23.7 Å². The first kappa shape index (κ1) is 17.5. The molecule has 0 radical (unpaired) electrons. The van der Waals surface area contributed by atoms with Crippen LogP contribution < -0.4 is 10.6 Å². The van der Waals surface area contributed by atoms with E-state index in [0.29, 0.717) is 0 Å². The molecular weight excluding hydrogens is 272 g/mol. The maximum Gasteiger partial charge on any atom is 0.321 e. The van der Waals surface area contributed by atoms with Crippen molar-refractivity contribution in [3.63, 3.8) is 0 Å². The lowest BCUT2D eigenvalue weighted by Crippen LogP contribution is -2.48. The van der Waals surface area contributed by atoms with Crippen molar-refractivity contribution < 1.29 is 19.5 Å². The molecule has 0 bridgehead atoms. The van der Waals surface area contributed by atoms with Gasteiger partial charge in [0.15, 0.2) is 0 Å². The number of carboxylic acid groups (broad SMARTS) is 1. The van der Waals surface area contributed by atoms with Gasteiger partial charge in [0.25, 0.3) is 0 Å². The summed E-state index contributed by atoms with van der Waals surface area (Å²) in [6.45, 7) is 7.59. The van der Waals surface area contributed by atoms with Gasteiger partial charge in [-0.1, -0.05) is 34.1 Å². The Hall–Kier alpha value is -1.59. The smallest absolute Gasteiger partial charge is 0.321 e. The number of hydrogen-bond acceptors (Lipinski definition) is 3. The monoisotopic (exact) mass is 298 g/mol. The lowest BCUT2D eigenvalue weighted by molar-refractivity contribution is -0.139. The molecule has 120 valence electrons. The minimum atomic E-state index is -0.954. The van der Waals surface area contributed by atoms with Crippen molar-refractivity contribution in [1.29, 1.82) is 0 Å². The molecule has 3 amide bonds. The molecular formula is C15H26N2O4. The minimum absolute atomic E-state index is 0.000773. The molecule has 0 aromatic heterocycles. The van der Waals surface area contributed by atoms with Crippen LogP contribution >= 0.6 is 0 Å². The summed E-state index contributed by atoms with van der Waals surface area (Å²) in [5.41, 5.74) is -0.633. The number of rotatable bonds is 5. The molecule has 1 aliphatic carbocycles. The highest BCUT2D eigenvalue weighted by molar-refractivity contribution is 5.94. The Kier molecular flexibility index (Phi) is 5.36. The Labute approximate surface area is 125 Å². The quantitative estimate of drug-likeness (QED) is 0.725. The Bertz CT molecular complexity index is 429. The Balaban J connectivity index is 2.44. The summed E-state index contributed by atoms with van der Waals surface area (Å²) < 4.78 is 0. The van der Waals surface area contributed by atoms with Crippen LogP contribution in [-0.2, 0) is 9.59 Å². The van der Waals surface area contributed by atoms with Crippen LogP contribution in [-0.4, -0.2) is 29.1 Å². The first-order valence-corrected chi connectivity index (χ1v) is 7.34. The molecule has 0 aromatic carbocycles. The number of nitrogens with one attached hydrogen (secondary N) is 2. The van der Waals surface area contributed by atoms with Crippen molar-refractivity contribution in [2.45, 2.75) is 65.8 Å². The Morgan fingerprint density at radius 1 is 1.24 bits per heavy atom. The van der Waals surface area contributed by atoms with E-state index < -0.39 is 23.3 Å². The first-order valence-electron chi connectivity index (χ1n) is 7.34. The second-order valence-electron chi connectivity index (χ2n) is 7.37. The topological polar surface area (TPSA) is 95.5 Å². The highest BCUT2D eigenvalue weighted by atomic mass is 16.4. The van der Waals surface area contributed by atoms with Crippen LogP contribution in [0.4, 0.5) is 4.79 Å². The van der Waals surface area contributed by atoms with E-state index in [1.54, 1.807) is 13.8 Å². The van der Waals surface area contributed by atoms with Gasteiger partial charge in [-0.15, -0.1) is 0 Å². The van der Waals surface area contributed by atoms with Gasteiger partial charge in [0.05, 0.1) is 6.42 Å². The SMILES string of the molecule is CC(C)(CC(=O)O)CC(=O)NC(=O)NC1CCCC1(C)C. The molecule has 1 fully saturated rings. The van der Waals surface area contributed by atoms with Crippen molar-refractivity contribution in [2.24, 2.45) is 10.8 Å². The molecule has 0 heterocycles. The van der Waals surface area contributed by atoms with Gasteiger partial charge in [0, 0.05) is 12.5 Å². The van der Waals surface area contributed by atoms with Crippen LogP contribution in [0.3, 0.4) is 0 Å². The van der Waals surface area contributed by atoms with Crippen molar-refractivity contribution in [1.82, 2.24) is 10.6 Å². The standard InChI is InChI=1S/C15H26N2O4/c1-14(2,9-12(19)20)8-11(18)17-13(21)16-10-6-5-7-15(10,3)4/h10H,5-9H2,1-4H3,(H,19,20)(H2,16,17,18,21). The third kappa shape index (κ3) is 5.73. The maximum absolute atomic E-state index is 11.8. The third-order valence-electron chi connectivity index (χ3n) is 4.08. The molecule has 21 heavy (non-hydrogen) atoms. The number of urea groups is 1. The molecule has 6 nitrogen and oxygen atoms in total. The Morgan fingerprint density at radius 2 is 1.86 bits per heavy atom. The average Bonchev–Trinajstić information content (AvgIpc) is 2.54. The Morgan fingerprint density at radius 3 is 2.33 bits per heavy atom.